The van der Waals surface area contributed by atoms with Crippen molar-refractivity contribution in [2.24, 2.45) is 10.8 Å². The molecule has 6 nitrogen and oxygen atoms in total. The normalized spacial score (nSPS) is 30.2. The summed E-state index contributed by atoms with van der Waals surface area (Å²) in [6.45, 7) is 6.49. The van der Waals surface area contributed by atoms with Crippen molar-refractivity contribution in [3.63, 3.8) is 0 Å². The molecule has 0 saturated carbocycles. The molecular formula is C19H28Cl2N3O3P. The number of hydrogen-bond acceptors (Lipinski definition) is 4. The highest BCUT2D eigenvalue weighted by molar-refractivity contribution is 7.54. The number of para-hydroxylation sites is 1. The fourth-order valence-electron chi connectivity index (χ4n) is 4.27. The fourth-order valence-corrected chi connectivity index (χ4v) is 7.59. The number of hydrogen-bond donors (Lipinski definition) is 1. The van der Waals surface area contributed by atoms with Crippen LogP contribution in [0.3, 0.4) is 0 Å². The molecular weight excluding hydrogens is 420 g/mol. The van der Waals surface area contributed by atoms with Crippen molar-refractivity contribution in [1.29, 1.82) is 0 Å². The maximum Gasteiger partial charge on any atom is 0.395 e. The van der Waals surface area contributed by atoms with Gasteiger partial charge >= 0.3 is 7.67 Å². The Morgan fingerprint density at radius 3 is 2.14 bits per heavy atom. The molecule has 2 aliphatic heterocycles. The predicted molar refractivity (Wildman–Crippen MR) is 113 cm³/mol. The van der Waals surface area contributed by atoms with Gasteiger partial charge in [0.25, 0.3) is 0 Å². The van der Waals surface area contributed by atoms with Gasteiger partial charge in [-0.05, 0) is 12.1 Å². The fraction of sp³-hybridized carbons (Fsp3) is 0.632. The lowest BCUT2D eigenvalue weighted by atomic mass is 9.66. The van der Waals surface area contributed by atoms with E-state index in [9.17, 15) is 9.36 Å². The van der Waals surface area contributed by atoms with Gasteiger partial charge in [0.05, 0.1) is 10.8 Å². The second-order valence-corrected chi connectivity index (χ2v) is 11.2. The second-order valence-electron chi connectivity index (χ2n) is 8.10. The first-order chi connectivity index (χ1) is 13.3. The molecule has 1 aromatic rings. The van der Waals surface area contributed by atoms with E-state index in [4.69, 9.17) is 27.7 Å². The second kappa shape index (κ2) is 8.63. The largest absolute Gasteiger partial charge is 0.422 e. The van der Waals surface area contributed by atoms with E-state index in [0.29, 0.717) is 56.8 Å². The molecule has 0 amide bonds. The molecule has 9 heteroatoms. The Hall–Kier alpha value is -0.620. The Morgan fingerprint density at radius 1 is 1.11 bits per heavy atom. The van der Waals surface area contributed by atoms with E-state index in [0.717, 1.165) is 0 Å². The van der Waals surface area contributed by atoms with Crippen LogP contribution in [0.4, 0.5) is 0 Å². The highest BCUT2D eigenvalue weighted by atomic mass is 35.5. The van der Waals surface area contributed by atoms with E-state index >= 15 is 0 Å². The molecule has 1 N–H and O–H groups in total. The van der Waals surface area contributed by atoms with Gasteiger partial charge in [0.1, 0.15) is 11.5 Å². The highest BCUT2D eigenvalue weighted by Crippen LogP contribution is 2.58. The molecule has 2 saturated heterocycles. The summed E-state index contributed by atoms with van der Waals surface area (Å²) in [4.78, 5) is 13.1. The SMILES string of the molecule is C[C@]12CNC[C@](C)(CN([P@@](=O)(Oc3ccccc3)N(CCCl)CCCl)C1)C2=O. The lowest BCUT2D eigenvalue weighted by Crippen LogP contribution is -2.67. The minimum Gasteiger partial charge on any atom is -0.422 e. The molecule has 156 valence electrons. The minimum absolute atomic E-state index is 0.225. The first kappa shape index (κ1) is 22.1. The van der Waals surface area contributed by atoms with Crippen molar-refractivity contribution in [2.45, 2.75) is 13.8 Å². The van der Waals surface area contributed by atoms with Gasteiger partial charge in [-0.15, -0.1) is 23.2 Å². The Kier molecular flexibility index (Phi) is 6.80. The lowest BCUT2D eigenvalue weighted by Gasteiger charge is -2.53. The summed E-state index contributed by atoms with van der Waals surface area (Å²) in [6, 6.07) is 9.13. The van der Waals surface area contributed by atoms with E-state index in [-0.39, 0.29) is 5.78 Å². The number of fused-ring (bicyclic) bond motifs is 2. The van der Waals surface area contributed by atoms with Crippen molar-refractivity contribution < 1.29 is 13.9 Å². The lowest BCUT2D eigenvalue weighted by molar-refractivity contribution is -0.146. The molecule has 2 heterocycles. The molecule has 1 aromatic carbocycles. The maximum absolute atomic E-state index is 14.4. The number of halogens is 2. The van der Waals surface area contributed by atoms with E-state index in [1.807, 2.05) is 36.7 Å². The first-order valence-electron chi connectivity index (χ1n) is 9.50. The van der Waals surface area contributed by atoms with Crippen molar-refractivity contribution in [2.75, 3.05) is 51.0 Å². The number of alkyl halides is 2. The highest BCUT2D eigenvalue weighted by Gasteiger charge is 2.58. The molecule has 0 radical (unpaired) electrons. The van der Waals surface area contributed by atoms with Gasteiger partial charge in [0, 0.05) is 51.0 Å². The van der Waals surface area contributed by atoms with Crippen LogP contribution in [0.5, 0.6) is 5.75 Å². The van der Waals surface area contributed by atoms with Crippen molar-refractivity contribution in [3.05, 3.63) is 30.3 Å². The third kappa shape index (κ3) is 4.14. The summed E-state index contributed by atoms with van der Waals surface area (Å²) < 4.78 is 24.2. The van der Waals surface area contributed by atoms with Gasteiger partial charge < -0.3 is 9.84 Å². The van der Waals surface area contributed by atoms with E-state index in [1.54, 1.807) is 16.8 Å². The molecule has 0 aliphatic carbocycles. The average molecular weight is 448 g/mol. The van der Waals surface area contributed by atoms with E-state index in [1.165, 1.54) is 0 Å². The van der Waals surface area contributed by atoms with Gasteiger partial charge in [0.2, 0.25) is 0 Å². The number of benzene rings is 1. The third-order valence-corrected chi connectivity index (χ3v) is 8.46. The smallest absolute Gasteiger partial charge is 0.395 e. The van der Waals surface area contributed by atoms with Crippen LogP contribution in [0.15, 0.2) is 30.3 Å². The number of Topliss-reactive ketones (excluding diaryl/α,β-unsaturated/α-hetero) is 1. The maximum atomic E-state index is 14.4. The zero-order chi connectivity index (χ0) is 20.4. The zero-order valence-electron chi connectivity index (χ0n) is 16.4. The topological polar surface area (TPSA) is 61.9 Å². The van der Waals surface area contributed by atoms with Gasteiger partial charge in [-0.1, -0.05) is 32.0 Å². The standard InChI is InChI=1S/C19H28Cl2N3O3P/c1-18-12-22-13-19(2,17(18)25)15-24(14-18)28(26,23(10-8-20)11-9-21)27-16-6-4-3-5-7-16/h3-7,22H,8-15H2,1-2H3/t18-,19+,28-/m0/s1. The summed E-state index contributed by atoms with van der Waals surface area (Å²) in [7, 11) is -3.51. The number of carbonyl (C=O) groups excluding carboxylic acids is 1. The van der Waals surface area contributed by atoms with E-state index < -0.39 is 18.5 Å². The number of carbonyl (C=O) groups is 1. The minimum atomic E-state index is -3.51. The number of ketones is 1. The molecule has 2 bridgehead atoms. The van der Waals surface area contributed by atoms with Crippen molar-refractivity contribution >= 4 is 36.7 Å². The Labute approximate surface area is 177 Å². The Bertz CT molecular complexity index is 725. The van der Waals surface area contributed by atoms with Crippen LogP contribution in [0.25, 0.3) is 0 Å². The number of nitrogens with zero attached hydrogens (tertiary/aromatic N) is 2. The molecule has 0 unspecified atom stereocenters. The van der Waals surface area contributed by atoms with Crippen LogP contribution >= 0.6 is 30.9 Å². The third-order valence-electron chi connectivity index (χ3n) is 5.56. The van der Waals surface area contributed by atoms with Crippen molar-refractivity contribution in [1.82, 2.24) is 14.7 Å². The number of rotatable bonds is 8. The Morgan fingerprint density at radius 2 is 1.64 bits per heavy atom. The van der Waals surface area contributed by atoms with E-state index in [2.05, 4.69) is 5.32 Å². The van der Waals surface area contributed by atoms with Gasteiger partial charge in [0.15, 0.2) is 0 Å². The van der Waals surface area contributed by atoms with Crippen LogP contribution in [0, 0.1) is 10.8 Å². The zero-order valence-corrected chi connectivity index (χ0v) is 18.8. The summed E-state index contributed by atoms with van der Waals surface area (Å²) in [6.07, 6.45) is 0. The summed E-state index contributed by atoms with van der Waals surface area (Å²) >= 11 is 12.0. The quantitative estimate of drug-likeness (QED) is 0.486. The monoisotopic (exact) mass is 447 g/mol. The number of nitrogens with one attached hydrogen (secondary N) is 1. The van der Waals surface area contributed by atoms with Gasteiger partial charge in [-0.3, -0.25) is 4.79 Å². The molecule has 0 aromatic heterocycles. The molecule has 2 fully saturated rings. The van der Waals surface area contributed by atoms with Crippen LogP contribution in [-0.2, 0) is 9.36 Å². The molecule has 0 spiro atoms. The average Bonchev–Trinajstić information content (AvgIpc) is 2.65. The van der Waals surface area contributed by atoms with Gasteiger partial charge in [-0.2, -0.15) is 0 Å². The molecule has 28 heavy (non-hydrogen) atoms. The van der Waals surface area contributed by atoms with Crippen LogP contribution in [-0.4, -0.2) is 66.2 Å². The van der Waals surface area contributed by atoms with Crippen LogP contribution in [0.1, 0.15) is 13.8 Å². The number of piperidine rings is 2. The summed E-state index contributed by atoms with van der Waals surface area (Å²) in [5, 5.41) is 3.37. The van der Waals surface area contributed by atoms with Crippen LogP contribution in [0.2, 0.25) is 0 Å². The predicted octanol–water partition coefficient (Wildman–Crippen LogP) is 3.45. The molecule has 3 rings (SSSR count). The molecule has 2 aliphatic rings. The molecule has 3 atom stereocenters. The van der Waals surface area contributed by atoms with Gasteiger partial charge in [-0.25, -0.2) is 13.9 Å². The van der Waals surface area contributed by atoms with Crippen molar-refractivity contribution in [3.8, 4) is 5.75 Å². The summed E-state index contributed by atoms with van der Waals surface area (Å²) in [5.41, 5.74) is -1.23. The summed E-state index contributed by atoms with van der Waals surface area (Å²) in [5.74, 6) is 1.36. The van der Waals surface area contributed by atoms with Crippen LogP contribution < -0.4 is 9.84 Å². The first-order valence-corrected chi connectivity index (χ1v) is 12.1. The Balaban J connectivity index is 2.01.